The van der Waals surface area contributed by atoms with E-state index in [1.807, 2.05) is 0 Å². The molecule has 31 heavy (non-hydrogen) atoms. The molecule has 0 heterocycles. The lowest BCUT2D eigenvalue weighted by Gasteiger charge is -2.36. The summed E-state index contributed by atoms with van der Waals surface area (Å²) in [5, 5.41) is 18.9. The van der Waals surface area contributed by atoms with E-state index >= 15 is 0 Å². The molecule has 1 aliphatic rings. The Balaban J connectivity index is 1.90. The third-order valence-electron chi connectivity index (χ3n) is 5.30. The molecule has 0 aromatic heterocycles. The number of hydrogen-bond acceptors (Lipinski definition) is 5. The predicted molar refractivity (Wildman–Crippen MR) is 108 cm³/mol. The maximum atomic E-state index is 13.3. The van der Waals surface area contributed by atoms with Gasteiger partial charge in [0.2, 0.25) is 10.0 Å². The topological polar surface area (TPSA) is 121 Å². The molecule has 0 spiro atoms. The summed E-state index contributed by atoms with van der Waals surface area (Å²) >= 11 is 0. The summed E-state index contributed by atoms with van der Waals surface area (Å²) in [7, 11) is -4.29. The highest BCUT2D eigenvalue weighted by Gasteiger charge is 2.51. The Morgan fingerprint density at radius 2 is 1.48 bits per heavy atom. The molecule has 2 aromatic carbocycles. The van der Waals surface area contributed by atoms with Crippen LogP contribution >= 0.6 is 0 Å². The summed E-state index contributed by atoms with van der Waals surface area (Å²) in [6.45, 7) is -0.447. The Bertz CT molecular complexity index is 1050. The zero-order valence-electron chi connectivity index (χ0n) is 16.5. The van der Waals surface area contributed by atoms with Gasteiger partial charge in [-0.2, -0.15) is 4.31 Å². The second kappa shape index (κ2) is 9.03. The average Bonchev–Trinajstić information content (AvgIpc) is 3.21. The van der Waals surface area contributed by atoms with E-state index in [1.54, 1.807) is 0 Å². The van der Waals surface area contributed by atoms with Crippen molar-refractivity contribution in [1.29, 1.82) is 0 Å². The van der Waals surface area contributed by atoms with Gasteiger partial charge < -0.3 is 14.9 Å². The van der Waals surface area contributed by atoms with E-state index in [-0.39, 0.29) is 17.7 Å². The molecule has 0 unspecified atom stereocenters. The van der Waals surface area contributed by atoms with Crippen molar-refractivity contribution in [2.75, 3.05) is 6.54 Å². The highest BCUT2D eigenvalue weighted by atomic mass is 32.2. The Labute approximate surface area is 178 Å². The molecule has 1 aliphatic carbocycles. The van der Waals surface area contributed by atoms with E-state index in [2.05, 4.69) is 0 Å². The van der Waals surface area contributed by atoms with Gasteiger partial charge in [0.05, 0.1) is 11.3 Å². The van der Waals surface area contributed by atoms with Crippen LogP contribution in [0.2, 0.25) is 0 Å². The first-order chi connectivity index (χ1) is 14.6. The molecule has 0 atom stereocenters. The van der Waals surface area contributed by atoms with Gasteiger partial charge in [-0.15, -0.1) is 0 Å². The molecule has 1 saturated carbocycles. The average molecular weight is 451 g/mol. The van der Waals surface area contributed by atoms with Crippen LogP contribution in [0.5, 0.6) is 11.5 Å². The Hall–Kier alpha value is -2.98. The van der Waals surface area contributed by atoms with Crippen molar-refractivity contribution in [2.45, 2.75) is 42.5 Å². The van der Waals surface area contributed by atoms with Crippen molar-refractivity contribution in [2.24, 2.45) is 0 Å². The molecule has 0 radical (unpaired) electrons. The molecule has 10 heteroatoms. The number of aliphatic carboxylic acids is 2. The molecule has 0 aliphatic heterocycles. The smallest absolute Gasteiger partial charge is 0.325 e. The molecule has 2 N–H and O–H groups in total. The molecule has 0 saturated heterocycles. The van der Waals surface area contributed by atoms with Crippen LogP contribution in [0.25, 0.3) is 0 Å². The maximum absolute atomic E-state index is 13.3. The highest BCUT2D eigenvalue weighted by Crippen LogP contribution is 2.39. The lowest BCUT2D eigenvalue weighted by atomic mass is 9.97. The van der Waals surface area contributed by atoms with Crippen LogP contribution in [0.1, 0.15) is 32.1 Å². The van der Waals surface area contributed by atoms with Crippen LogP contribution in [0.15, 0.2) is 53.4 Å². The number of benzene rings is 2. The van der Waals surface area contributed by atoms with Crippen molar-refractivity contribution in [3.05, 3.63) is 54.3 Å². The summed E-state index contributed by atoms with van der Waals surface area (Å²) in [6, 6.07) is 10.6. The lowest BCUT2D eigenvalue weighted by Crippen LogP contribution is -2.55. The Kier molecular flexibility index (Phi) is 6.61. The fourth-order valence-corrected chi connectivity index (χ4v) is 5.52. The number of sulfonamides is 1. The second-order valence-corrected chi connectivity index (χ2v) is 9.15. The fourth-order valence-electron chi connectivity index (χ4n) is 3.74. The third kappa shape index (κ3) is 4.86. The summed E-state index contributed by atoms with van der Waals surface area (Å²) in [6.07, 6.45) is 0.797. The summed E-state index contributed by atoms with van der Waals surface area (Å²) in [5.74, 6) is -2.26. The number of carboxylic acid groups (broad SMARTS) is 2. The van der Waals surface area contributed by atoms with E-state index in [0.717, 1.165) is 4.31 Å². The van der Waals surface area contributed by atoms with Gasteiger partial charge in [0.15, 0.2) is 0 Å². The van der Waals surface area contributed by atoms with E-state index in [0.29, 0.717) is 24.3 Å². The zero-order valence-corrected chi connectivity index (χ0v) is 17.3. The quantitative estimate of drug-likeness (QED) is 0.599. The SMILES string of the molecule is O=C(O)CCN(C1(C(=O)O)CCCC1)S(=O)(=O)c1ccc(Oc2ccc(F)cc2)cc1. The number of carbonyl (C=O) groups is 2. The second-order valence-electron chi connectivity index (χ2n) is 7.29. The number of halogens is 1. The lowest BCUT2D eigenvalue weighted by molar-refractivity contribution is -0.149. The summed E-state index contributed by atoms with van der Waals surface area (Å²) in [4.78, 5) is 23.0. The van der Waals surface area contributed by atoms with Crippen molar-refractivity contribution in [3.8, 4) is 11.5 Å². The Morgan fingerprint density at radius 1 is 0.968 bits per heavy atom. The number of carboxylic acids is 2. The first kappa shape index (κ1) is 22.7. The minimum atomic E-state index is -4.29. The van der Waals surface area contributed by atoms with E-state index in [9.17, 15) is 27.5 Å². The van der Waals surface area contributed by atoms with Gasteiger partial charge in [0.1, 0.15) is 22.9 Å². The summed E-state index contributed by atoms with van der Waals surface area (Å²) < 4.78 is 46.1. The minimum absolute atomic E-state index is 0.118. The number of rotatable bonds is 9. The first-order valence-corrected chi connectivity index (χ1v) is 11.1. The minimum Gasteiger partial charge on any atom is -0.481 e. The number of nitrogens with zero attached hydrogens (tertiary/aromatic N) is 1. The molecule has 166 valence electrons. The normalized spacial score (nSPS) is 15.7. The molecule has 0 amide bonds. The molecule has 8 nitrogen and oxygen atoms in total. The standard InChI is InChI=1S/C21H22FNO7S/c22-15-3-5-16(6-4-15)30-17-7-9-18(10-8-17)31(28,29)23(14-11-19(24)25)21(20(26)27)12-1-2-13-21/h3-10H,1-2,11-14H2,(H,24,25)(H,26,27). The monoisotopic (exact) mass is 451 g/mol. The van der Waals surface area contributed by atoms with Gasteiger partial charge in [-0.25, -0.2) is 12.8 Å². The molecular formula is C21H22FNO7S. The molecule has 0 bridgehead atoms. The van der Waals surface area contributed by atoms with Crippen LogP contribution in [-0.4, -0.2) is 47.0 Å². The van der Waals surface area contributed by atoms with Crippen molar-refractivity contribution >= 4 is 22.0 Å². The van der Waals surface area contributed by atoms with Gasteiger partial charge in [0, 0.05) is 6.54 Å². The van der Waals surface area contributed by atoms with E-state index in [1.165, 1.54) is 48.5 Å². The van der Waals surface area contributed by atoms with E-state index < -0.39 is 46.3 Å². The molecule has 2 aromatic rings. The molecular weight excluding hydrogens is 429 g/mol. The third-order valence-corrected chi connectivity index (χ3v) is 7.28. The van der Waals surface area contributed by atoms with Crippen molar-refractivity contribution < 1.29 is 37.3 Å². The van der Waals surface area contributed by atoms with Crippen LogP contribution in [0.4, 0.5) is 4.39 Å². The van der Waals surface area contributed by atoms with Gasteiger partial charge in [0.25, 0.3) is 0 Å². The summed E-state index contributed by atoms with van der Waals surface area (Å²) in [5.41, 5.74) is -1.67. The van der Waals surface area contributed by atoms with Crippen LogP contribution in [-0.2, 0) is 19.6 Å². The number of hydrogen-bond donors (Lipinski definition) is 2. The predicted octanol–water partition coefficient (Wildman–Crippen LogP) is 3.48. The van der Waals surface area contributed by atoms with E-state index in [4.69, 9.17) is 9.84 Å². The highest BCUT2D eigenvalue weighted by molar-refractivity contribution is 7.89. The first-order valence-electron chi connectivity index (χ1n) is 9.67. The zero-order chi connectivity index (χ0) is 22.6. The van der Waals surface area contributed by atoms with Crippen molar-refractivity contribution in [3.63, 3.8) is 0 Å². The van der Waals surface area contributed by atoms with Crippen LogP contribution in [0, 0.1) is 5.82 Å². The van der Waals surface area contributed by atoms with Gasteiger partial charge >= 0.3 is 11.9 Å². The number of ether oxygens (including phenoxy) is 1. The van der Waals surface area contributed by atoms with Crippen LogP contribution < -0.4 is 4.74 Å². The fraction of sp³-hybridized carbons (Fsp3) is 0.333. The van der Waals surface area contributed by atoms with Gasteiger partial charge in [-0.1, -0.05) is 12.8 Å². The maximum Gasteiger partial charge on any atom is 0.325 e. The van der Waals surface area contributed by atoms with Crippen molar-refractivity contribution in [1.82, 2.24) is 4.31 Å². The Morgan fingerprint density at radius 3 is 1.97 bits per heavy atom. The van der Waals surface area contributed by atoms with Crippen LogP contribution in [0.3, 0.4) is 0 Å². The molecule has 1 fully saturated rings. The van der Waals surface area contributed by atoms with Gasteiger partial charge in [-0.05, 0) is 61.4 Å². The molecule has 3 rings (SSSR count). The largest absolute Gasteiger partial charge is 0.481 e. The van der Waals surface area contributed by atoms with Gasteiger partial charge in [-0.3, -0.25) is 9.59 Å².